The predicted octanol–water partition coefficient (Wildman–Crippen LogP) is 2.46. The first-order valence-electron chi connectivity index (χ1n) is 6.31. The van der Waals surface area contributed by atoms with Crippen LogP contribution in [-0.2, 0) is 19.6 Å². The topological polar surface area (TPSA) is 96.3 Å². The Morgan fingerprint density at radius 3 is 2.70 bits per heavy atom. The number of hydrogen-bond donors (Lipinski definition) is 1. The molecular weight excluding hydrogens is 383 g/mol. The van der Waals surface area contributed by atoms with Gasteiger partial charge in [-0.25, -0.2) is 8.42 Å². The molecule has 0 saturated heterocycles. The maximum Gasteiger partial charge on any atom is 0.325 e. The molecule has 0 aliphatic rings. The summed E-state index contributed by atoms with van der Waals surface area (Å²) in [4.78, 5) is 11.8. The summed E-state index contributed by atoms with van der Waals surface area (Å²) < 4.78 is 31.7. The first-order valence-corrected chi connectivity index (χ1v) is 9.95. The number of nitrogens with zero attached hydrogens (tertiary/aromatic N) is 1. The highest BCUT2D eigenvalue weighted by Crippen LogP contribution is 2.25. The second-order valence-corrected chi connectivity index (χ2v) is 7.81. The molecule has 126 valence electrons. The summed E-state index contributed by atoms with van der Waals surface area (Å²) in [5.74, 6) is -0.264. The third-order valence-corrected chi connectivity index (χ3v) is 5.53. The summed E-state index contributed by atoms with van der Waals surface area (Å²) in [5.41, 5.74) is 0. The fourth-order valence-electron chi connectivity index (χ4n) is 1.56. The maximum atomic E-state index is 12.4. The van der Waals surface area contributed by atoms with Crippen molar-refractivity contribution in [3.05, 3.63) is 28.2 Å². The average molecular weight is 397 g/mol. The van der Waals surface area contributed by atoms with Crippen molar-refractivity contribution in [1.82, 2.24) is 4.72 Å². The quantitative estimate of drug-likeness (QED) is 0.677. The third-order valence-electron chi connectivity index (χ3n) is 2.67. The third kappa shape index (κ3) is 6.20. The molecule has 1 aromatic rings. The maximum absolute atomic E-state index is 12.4. The van der Waals surface area contributed by atoms with Gasteiger partial charge in [0.2, 0.25) is 10.0 Å². The summed E-state index contributed by atoms with van der Waals surface area (Å²) in [5, 5.41) is 8.75. The Hall–Kier alpha value is -0.980. The molecule has 0 amide bonds. The zero-order chi connectivity index (χ0) is 17.5. The Balaban J connectivity index is 2.97. The monoisotopic (exact) mass is 396 g/mol. The lowest BCUT2D eigenvalue weighted by atomic mass is 10.2. The molecule has 0 fully saturated rings. The molecule has 0 spiro atoms. The normalized spacial score (nSPS) is 12.4. The minimum atomic E-state index is -3.99. The highest BCUT2D eigenvalue weighted by Gasteiger charge is 2.27. The summed E-state index contributed by atoms with van der Waals surface area (Å²) >= 11 is 13.0. The van der Waals surface area contributed by atoms with Gasteiger partial charge >= 0.3 is 5.97 Å². The summed E-state index contributed by atoms with van der Waals surface area (Å²) in [6.07, 6.45) is 2.05. The number of hydrogen-bond acceptors (Lipinski definition) is 6. The van der Waals surface area contributed by atoms with Crippen molar-refractivity contribution in [2.75, 3.05) is 18.6 Å². The van der Waals surface area contributed by atoms with Crippen LogP contribution in [0.15, 0.2) is 23.1 Å². The highest BCUT2D eigenvalue weighted by atomic mass is 35.5. The van der Waals surface area contributed by atoms with E-state index < -0.39 is 28.6 Å². The second-order valence-electron chi connectivity index (χ2n) is 4.30. The SMILES string of the molecule is CSCCC(NS(=O)(=O)c1ccc(Cl)c(Cl)c1)C(=O)OCC#N. The van der Waals surface area contributed by atoms with Gasteiger partial charge in [-0.3, -0.25) is 4.79 Å². The van der Waals surface area contributed by atoms with Gasteiger partial charge in [-0.05, 0) is 36.6 Å². The van der Waals surface area contributed by atoms with Crippen LogP contribution in [0, 0.1) is 11.3 Å². The van der Waals surface area contributed by atoms with Crippen LogP contribution in [0.25, 0.3) is 0 Å². The molecule has 23 heavy (non-hydrogen) atoms. The van der Waals surface area contributed by atoms with E-state index in [1.165, 1.54) is 30.0 Å². The molecule has 0 bridgehead atoms. The van der Waals surface area contributed by atoms with Crippen LogP contribution in [0.1, 0.15) is 6.42 Å². The molecule has 0 aliphatic carbocycles. The van der Waals surface area contributed by atoms with E-state index in [2.05, 4.69) is 4.72 Å². The molecule has 0 radical (unpaired) electrons. The zero-order valence-corrected chi connectivity index (χ0v) is 15.2. The molecule has 0 aromatic heterocycles. The van der Waals surface area contributed by atoms with Gasteiger partial charge in [-0.1, -0.05) is 23.2 Å². The molecule has 6 nitrogen and oxygen atoms in total. The number of nitriles is 1. The van der Waals surface area contributed by atoms with Crippen LogP contribution in [-0.4, -0.2) is 39.0 Å². The molecule has 0 aliphatic heterocycles. The average Bonchev–Trinajstić information content (AvgIpc) is 2.51. The molecule has 10 heteroatoms. The minimum Gasteiger partial charge on any atom is -0.449 e. The van der Waals surface area contributed by atoms with E-state index in [1.807, 2.05) is 6.26 Å². The lowest BCUT2D eigenvalue weighted by molar-refractivity contribution is -0.144. The molecule has 1 aromatic carbocycles. The van der Waals surface area contributed by atoms with Crippen LogP contribution in [0.3, 0.4) is 0 Å². The van der Waals surface area contributed by atoms with Gasteiger partial charge in [0.15, 0.2) is 6.61 Å². The second kappa shape index (κ2) is 9.35. The summed E-state index contributed by atoms with van der Waals surface area (Å²) in [7, 11) is -3.99. The van der Waals surface area contributed by atoms with Gasteiger partial charge < -0.3 is 4.74 Å². The molecular formula is C13H14Cl2N2O4S2. The number of thioether (sulfide) groups is 1. The number of esters is 1. The van der Waals surface area contributed by atoms with Crippen molar-refractivity contribution in [2.45, 2.75) is 17.4 Å². The lowest BCUT2D eigenvalue weighted by Gasteiger charge is -2.17. The van der Waals surface area contributed by atoms with Gasteiger partial charge in [0.1, 0.15) is 12.1 Å². The van der Waals surface area contributed by atoms with Crippen LogP contribution >= 0.6 is 35.0 Å². The smallest absolute Gasteiger partial charge is 0.325 e. The van der Waals surface area contributed by atoms with Crippen LogP contribution in [0.2, 0.25) is 10.0 Å². The number of carbonyl (C=O) groups is 1. The van der Waals surface area contributed by atoms with E-state index in [-0.39, 0.29) is 21.4 Å². The first-order chi connectivity index (χ1) is 10.8. The molecule has 1 unspecified atom stereocenters. The van der Waals surface area contributed by atoms with Crippen molar-refractivity contribution < 1.29 is 17.9 Å². The van der Waals surface area contributed by atoms with Crippen molar-refractivity contribution in [3.8, 4) is 6.07 Å². The first kappa shape index (κ1) is 20.1. The molecule has 0 saturated carbocycles. The van der Waals surface area contributed by atoms with Crippen LogP contribution < -0.4 is 4.72 Å². The number of rotatable bonds is 8. The Morgan fingerprint density at radius 2 is 2.13 bits per heavy atom. The van der Waals surface area contributed by atoms with E-state index in [0.29, 0.717) is 5.75 Å². The van der Waals surface area contributed by atoms with E-state index in [4.69, 9.17) is 33.2 Å². The van der Waals surface area contributed by atoms with Crippen molar-refractivity contribution in [1.29, 1.82) is 5.26 Å². The Morgan fingerprint density at radius 1 is 1.43 bits per heavy atom. The largest absolute Gasteiger partial charge is 0.449 e. The lowest BCUT2D eigenvalue weighted by Crippen LogP contribution is -2.42. The number of nitrogens with one attached hydrogen (secondary N) is 1. The van der Waals surface area contributed by atoms with Crippen LogP contribution in [0.4, 0.5) is 0 Å². The number of carbonyl (C=O) groups excluding carboxylic acids is 1. The van der Waals surface area contributed by atoms with Gasteiger partial charge in [0.05, 0.1) is 14.9 Å². The van der Waals surface area contributed by atoms with E-state index in [1.54, 1.807) is 6.07 Å². The number of ether oxygens (including phenoxy) is 1. The number of benzene rings is 1. The molecule has 0 heterocycles. The van der Waals surface area contributed by atoms with Crippen molar-refractivity contribution >= 4 is 51.0 Å². The fourth-order valence-corrected chi connectivity index (χ4v) is 3.64. The van der Waals surface area contributed by atoms with Crippen molar-refractivity contribution in [2.24, 2.45) is 0 Å². The highest BCUT2D eigenvalue weighted by molar-refractivity contribution is 7.98. The van der Waals surface area contributed by atoms with E-state index in [9.17, 15) is 13.2 Å². The fraction of sp³-hybridized carbons (Fsp3) is 0.385. The number of halogens is 2. The van der Waals surface area contributed by atoms with Gasteiger partial charge in [0.25, 0.3) is 0 Å². The summed E-state index contributed by atoms with van der Waals surface area (Å²) in [6.45, 7) is -0.441. The van der Waals surface area contributed by atoms with E-state index in [0.717, 1.165) is 0 Å². The molecule has 1 N–H and O–H groups in total. The predicted molar refractivity (Wildman–Crippen MR) is 90.1 cm³/mol. The van der Waals surface area contributed by atoms with Crippen LogP contribution in [0.5, 0.6) is 0 Å². The zero-order valence-electron chi connectivity index (χ0n) is 12.1. The Kier molecular flexibility index (Phi) is 8.16. The molecule has 1 rings (SSSR count). The number of sulfonamides is 1. The van der Waals surface area contributed by atoms with Crippen molar-refractivity contribution in [3.63, 3.8) is 0 Å². The molecule has 1 atom stereocenters. The van der Waals surface area contributed by atoms with Gasteiger partial charge in [0, 0.05) is 0 Å². The standard InChI is InChI=1S/C13H14Cl2N2O4S2/c1-22-7-4-12(13(18)21-6-5-16)17-23(19,20)9-2-3-10(14)11(15)8-9/h2-3,8,12,17H,4,6-7H2,1H3. The van der Waals surface area contributed by atoms with E-state index >= 15 is 0 Å². The Bertz CT molecular complexity index is 704. The van der Waals surface area contributed by atoms with Gasteiger partial charge in [-0.15, -0.1) is 0 Å². The minimum absolute atomic E-state index is 0.0854. The Labute approximate surface area is 149 Å². The summed E-state index contributed by atoms with van der Waals surface area (Å²) in [6, 6.07) is 4.40. The van der Waals surface area contributed by atoms with Gasteiger partial charge in [-0.2, -0.15) is 21.7 Å².